The minimum atomic E-state index is -1.46. The Balaban J connectivity index is 3.34. The molecule has 0 spiro atoms. The molecule has 0 saturated heterocycles. The van der Waals surface area contributed by atoms with Crippen molar-refractivity contribution in [2.24, 2.45) is 0 Å². The predicted molar refractivity (Wildman–Crippen MR) is 235 cm³/mol. The van der Waals surface area contributed by atoms with E-state index in [0.717, 1.165) is 19.3 Å². The third kappa shape index (κ3) is 43.6. The van der Waals surface area contributed by atoms with Crippen molar-refractivity contribution in [3.63, 3.8) is 0 Å². The summed E-state index contributed by atoms with van der Waals surface area (Å²) in [7, 11) is 5.93. The Morgan fingerprint density at radius 1 is 0.518 bits per heavy atom. The summed E-state index contributed by atoms with van der Waals surface area (Å²) in [5.41, 5.74) is 0. The number of rotatable bonds is 45. The number of hydrogen-bond acceptors (Lipinski definition) is 6. The van der Waals surface area contributed by atoms with E-state index < -0.39 is 18.4 Å². The van der Waals surface area contributed by atoms with Crippen LogP contribution in [0.15, 0.2) is 12.2 Å². The van der Waals surface area contributed by atoms with Crippen LogP contribution < -0.4 is 0 Å². The van der Waals surface area contributed by atoms with Gasteiger partial charge in [-0.2, -0.15) is 0 Å². The molecule has 2 atom stereocenters. The lowest BCUT2D eigenvalue weighted by Gasteiger charge is -2.24. The molecule has 0 saturated carbocycles. The van der Waals surface area contributed by atoms with E-state index in [1.807, 2.05) is 21.1 Å². The van der Waals surface area contributed by atoms with Gasteiger partial charge in [-0.3, -0.25) is 4.79 Å². The molecule has 0 fully saturated rings. The van der Waals surface area contributed by atoms with Crippen molar-refractivity contribution >= 4 is 11.9 Å². The summed E-state index contributed by atoms with van der Waals surface area (Å²) in [5.74, 6) is -1.60. The van der Waals surface area contributed by atoms with Crippen molar-refractivity contribution in [2.45, 2.75) is 238 Å². The molecule has 2 N–H and O–H groups in total. The fourth-order valence-corrected chi connectivity index (χ4v) is 7.01. The number of aliphatic hydroxyl groups excluding tert-OH is 1. The van der Waals surface area contributed by atoms with E-state index in [1.54, 1.807) is 0 Å². The number of carboxylic acid groups (broad SMARTS) is 1. The van der Waals surface area contributed by atoms with Crippen molar-refractivity contribution in [3.8, 4) is 0 Å². The molecule has 0 rings (SSSR count). The van der Waals surface area contributed by atoms with Gasteiger partial charge in [0.05, 0.1) is 34.4 Å². The Labute approximate surface area is 346 Å². The highest BCUT2D eigenvalue weighted by Crippen LogP contribution is 2.16. The molecular weight excluding hydrogens is 703 g/mol. The molecular formula is C48H94NO7+. The summed E-state index contributed by atoms with van der Waals surface area (Å²) in [6, 6.07) is 0. The van der Waals surface area contributed by atoms with Crippen LogP contribution in [0.4, 0.5) is 0 Å². The first kappa shape index (κ1) is 54.5. The van der Waals surface area contributed by atoms with E-state index in [-0.39, 0.29) is 25.8 Å². The number of quaternary nitrogens is 1. The van der Waals surface area contributed by atoms with Crippen LogP contribution >= 0.6 is 0 Å². The van der Waals surface area contributed by atoms with E-state index >= 15 is 0 Å². The second kappa shape index (κ2) is 41.7. The smallest absolute Gasteiger partial charge is 0.361 e. The number of likely N-dealkylation sites (N-methyl/N-ethyl adjacent to an activating group) is 1. The number of esters is 1. The Kier molecular flexibility index (Phi) is 40.6. The molecule has 0 aromatic rings. The van der Waals surface area contributed by atoms with Gasteiger partial charge in [0.1, 0.15) is 19.3 Å². The van der Waals surface area contributed by atoms with E-state index in [4.69, 9.17) is 14.2 Å². The fraction of sp³-hybridized carbons (Fsp3) is 0.917. The van der Waals surface area contributed by atoms with Crippen LogP contribution in [-0.4, -0.2) is 86.5 Å². The molecule has 0 aliphatic carbocycles. The average Bonchev–Trinajstić information content (AvgIpc) is 3.16. The molecule has 0 aromatic heterocycles. The minimum absolute atomic E-state index is 0.213. The molecule has 0 aliphatic heterocycles. The molecule has 0 heterocycles. The van der Waals surface area contributed by atoms with Crippen molar-refractivity contribution in [3.05, 3.63) is 12.2 Å². The van der Waals surface area contributed by atoms with Gasteiger partial charge in [-0.1, -0.05) is 199 Å². The van der Waals surface area contributed by atoms with E-state index in [1.165, 1.54) is 193 Å². The molecule has 8 heteroatoms. The third-order valence-corrected chi connectivity index (χ3v) is 10.8. The topological polar surface area (TPSA) is 102 Å². The number of ether oxygens (including phenoxy) is 3. The molecule has 0 aromatic carbocycles. The molecule has 0 amide bonds. The number of nitrogens with zero attached hydrogens (tertiary/aromatic N) is 1. The van der Waals surface area contributed by atoms with Gasteiger partial charge in [0.15, 0.2) is 0 Å². The zero-order valence-corrected chi connectivity index (χ0v) is 37.6. The van der Waals surface area contributed by atoms with Crippen LogP contribution in [0.2, 0.25) is 0 Å². The average molecular weight is 797 g/mol. The van der Waals surface area contributed by atoms with Crippen LogP contribution in [0.1, 0.15) is 225 Å². The second-order valence-corrected chi connectivity index (χ2v) is 17.6. The van der Waals surface area contributed by atoms with Crippen LogP contribution in [-0.2, 0) is 23.8 Å². The highest BCUT2D eigenvalue weighted by atomic mass is 16.7. The summed E-state index contributed by atoms with van der Waals surface area (Å²) >= 11 is 0. The van der Waals surface area contributed by atoms with Crippen LogP contribution in [0, 0.1) is 0 Å². The fourth-order valence-electron chi connectivity index (χ4n) is 7.01. The lowest BCUT2D eigenvalue weighted by atomic mass is 10.0. The van der Waals surface area contributed by atoms with Gasteiger partial charge >= 0.3 is 11.9 Å². The Morgan fingerprint density at radius 2 is 0.875 bits per heavy atom. The maximum absolute atomic E-state index is 12.0. The summed E-state index contributed by atoms with van der Waals surface area (Å²) in [6.45, 7) is 2.62. The number of carboxylic acids is 1. The molecule has 2 unspecified atom stereocenters. The predicted octanol–water partition coefficient (Wildman–Crippen LogP) is 12.9. The van der Waals surface area contributed by atoms with Crippen LogP contribution in [0.3, 0.4) is 0 Å². The zero-order valence-electron chi connectivity index (χ0n) is 37.6. The highest BCUT2D eigenvalue weighted by Gasteiger charge is 2.22. The van der Waals surface area contributed by atoms with Crippen molar-refractivity contribution < 1.29 is 38.5 Å². The lowest BCUT2D eigenvalue weighted by molar-refractivity contribution is -0.870. The SMILES string of the molecule is CCCCCCCCCC/C=C\CCCCCCCCCCCCCCCCCCCCCCCCCC(=O)OCC(O)COC(OCC[N+](C)(C)C)C(=O)O. The van der Waals surface area contributed by atoms with E-state index in [9.17, 15) is 19.8 Å². The zero-order chi connectivity index (χ0) is 41.2. The largest absolute Gasteiger partial charge is 0.477 e. The third-order valence-electron chi connectivity index (χ3n) is 10.8. The maximum atomic E-state index is 12.0. The number of aliphatic carboxylic acids is 1. The number of allylic oxidation sites excluding steroid dienone is 2. The van der Waals surface area contributed by atoms with Gasteiger partial charge in [-0.15, -0.1) is 0 Å². The van der Waals surface area contributed by atoms with Gasteiger partial charge in [0, 0.05) is 6.42 Å². The standard InChI is InChI=1S/C48H93NO7/c1-5-6-7-8-9-10-11-12-13-14-15-16-17-18-19-20-21-22-23-24-25-26-27-28-29-30-31-32-33-34-35-36-37-38-39-40-46(51)55-43-45(50)44-56-48(47(52)53)54-42-41-49(2,3)4/h14-15,45,48,50H,5-13,16-44H2,1-4H3/p+1/b15-14-. The van der Waals surface area contributed by atoms with Crippen molar-refractivity contribution in [1.82, 2.24) is 0 Å². The number of unbranched alkanes of at least 4 members (excludes halogenated alkanes) is 31. The maximum Gasteiger partial charge on any atom is 0.361 e. The van der Waals surface area contributed by atoms with Crippen molar-refractivity contribution in [2.75, 3.05) is 47.5 Å². The molecule has 56 heavy (non-hydrogen) atoms. The van der Waals surface area contributed by atoms with E-state index in [0.29, 0.717) is 17.4 Å². The van der Waals surface area contributed by atoms with Crippen LogP contribution in [0.5, 0.6) is 0 Å². The van der Waals surface area contributed by atoms with Crippen LogP contribution in [0.25, 0.3) is 0 Å². The molecule has 8 nitrogen and oxygen atoms in total. The lowest BCUT2D eigenvalue weighted by Crippen LogP contribution is -2.40. The first-order chi connectivity index (χ1) is 27.2. The normalized spacial score (nSPS) is 13.1. The first-order valence-electron chi connectivity index (χ1n) is 23.9. The number of carbonyl (C=O) groups excluding carboxylic acids is 1. The van der Waals surface area contributed by atoms with Gasteiger partial charge in [0.25, 0.3) is 6.29 Å². The Morgan fingerprint density at radius 3 is 1.23 bits per heavy atom. The summed E-state index contributed by atoms with van der Waals surface area (Å²) in [6.07, 6.45) is 47.2. The quantitative estimate of drug-likeness (QED) is 0.0208. The van der Waals surface area contributed by atoms with Gasteiger partial charge < -0.3 is 28.9 Å². The molecule has 0 aliphatic rings. The monoisotopic (exact) mass is 797 g/mol. The summed E-state index contributed by atoms with van der Waals surface area (Å²) < 4.78 is 16.2. The van der Waals surface area contributed by atoms with Gasteiger partial charge in [-0.05, 0) is 32.1 Å². The van der Waals surface area contributed by atoms with Gasteiger partial charge in [0.2, 0.25) is 0 Å². The Bertz CT molecular complexity index is 874. The minimum Gasteiger partial charge on any atom is -0.477 e. The summed E-state index contributed by atoms with van der Waals surface area (Å²) in [5, 5.41) is 19.3. The number of carbonyl (C=O) groups is 2. The van der Waals surface area contributed by atoms with Gasteiger partial charge in [-0.25, -0.2) is 4.79 Å². The first-order valence-corrected chi connectivity index (χ1v) is 23.9. The molecule has 0 radical (unpaired) electrons. The number of aliphatic hydroxyl groups is 1. The number of hydrogen-bond donors (Lipinski definition) is 2. The highest BCUT2D eigenvalue weighted by molar-refractivity contribution is 5.70. The van der Waals surface area contributed by atoms with Crippen molar-refractivity contribution in [1.29, 1.82) is 0 Å². The summed E-state index contributed by atoms with van der Waals surface area (Å²) in [4.78, 5) is 23.3. The molecule has 332 valence electrons. The molecule has 0 bridgehead atoms. The Hall–Kier alpha value is -1.48. The van der Waals surface area contributed by atoms with E-state index in [2.05, 4.69) is 19.1 Å². The second-order valence-electron chi connectivity index (χ2n) is 17.6.